The van der Waals surface area contributed by atoms with Crippen molar-refractivity contribution >= 4 is 0 Å². The lowest BCUT2D eigenvalue weighted by atomic mass is 9.77. The van der Waals surface area contributed by atoms with E-state index >= 15 is 0 Å². The van der Waals surface area contributed by atoms with E-state index in [0.29, 0.717) is 12.5 Å². The van der Waals surface area contributed by atoms with E-state index in [2.05, 4.69) is 11.8 Å². The highest BCUT2D eigenvalue weighted by molar-refractivity contribution is 4.93. The monoisotopic (exact) mass is 295 g/mol. The molecule has 0 spiro atoms. The van der Waals surface area contributed by atoms with Crippen LogP contribution in [0.5, 0.6) is 0 Å². The van der Waals surface area contributed by atoms with Gasteiger partial charge in [0.05, 0.1) is 6.10 Å². The highest BCUT2D eigenvalue weighted by atomic mass is 16.3. The molecule has 3 nitrogen and oxygen atoms in total. The Morgan fingerprint density at radius 3 is 2.43 bits per heavy atom. The fourth-order valence-electron chi connectivity index (χ4n) is 5.22. The van der Waals surface area contributed by atoms with Crippen LogP contribution in [-0.4, -0.2) is 47.5 Å². The fraction of sp³-hybridized carbons (Fsp3) is 1.00. The van der Waals surface area contributed by atoms with Crippen LogP contribution in [0.3, 0.4) is 0 Å². The Kier molecular flexibility index (Phi) is 5.23. The van der Waals surface area contributed by atoms with E-state index in [1.807, 2.05) is 0 Å². The van der Waals surface area contributed by atoms with Gasteiger partial charge in [0.2, 0.25) is 0 Å². The van der Waals surface area contributed by atoms with Gasteiger partial charge in [0.25, 0.3) is 0 Å². The molecule has 0 aromatic heterocycles. The minimum absolute atomic E-state index is 0.0323. The lowest BCUT2D eigenvalue weighted by molar-refractivity contribution is 0.0273. The van der Waals surface area contributed by atoms with Gasteiger partial charge in [0, 0.05) is 19.7 Å². The molecule has 0 bridgehead atoms. The van der Waals surface area contributed by atoms with Crippen LogP contribution >= 0.6 is 0 Å². The zero-order chi connectivity index (χ0) is 14.8. The third-order valence-corrected chi connectivity index (χ3v) is 6.71. The summed E-state index contributed by atoms with van der Waals surface area (Å²) >= 11 is 0. The summed E-state index contributed by atoms with van der Waals surface area (Å²) in [6, 6.07) is 0. The van der Waals surface area contributed by atoms with Crippen LogP contribution in [0, 0.1) is 29.6 Å². The molecule has 122 valence electrons. The second-order valence-electron chi connectivity index (χ2n) is 8.05. The average Bonchev–Trinajstić information content (AvgIpc) is 2.87. The van der Waals surface area contributed by atoms with Crippen molar-refractivity contribution in [2.24, 2.45) is 29.6 Å². The molecule has 3 unspecified atom stereocenters. The van der Waals surface area contributed by atoms with Crippen molar-refractivity contribution in [3.05, 3.63) is 0 Å². The smallest absolute Gasteiger partial charge is 0.0540 e. The van der Waals surface area contributed by atoms with E-state index in [4.69, 9.17) is 0 Å². The molecule has 2 N–H and O–H groups in total. The molecule has 2 saturated carbocycles. The van der Waals surface area contributed by atoms with Crippen molar-refractivity contribution in [3.63, 3.8) is 0 Å². The molecule has 1 heterocycles. The van der Waals surface area contributed by atoms with Gasteiger partial charge in [-0.2, -0.15) is 0 Å². The largest absolute Gasteiger partial charge is 0.396 e. The van der Waals surface area contributed by atoms with E-state index < -0.39 is 0 Å². The quantitative estimate of drug-likeness (QED) is 0.837. The molecule has 2 aliphatic carbocycles. The molecule has 3 rings (SSSR count). The van der Waals surface area contributed by atoms with Gasteiger partial charge in [0.15, 0.2) is 0 Å². The van der Waals surface area contributed by atoms with E-state index in [0.717, 1.165) is 43.1 Å². The van der Waals surface area contributed by atoms with Gasteiger partial charge in [0.1, 0.15) is 0 Å². The predicted octanol–water partition coefficient (Wildman–Crippen LogP) is 2.51. The van der Waals surface area contributed by atoms with Gasteiger partial charge < -0.3 is 15.1 Å². The molecular formula is C18H33NO2. The molecule has 0 aromatic carbocycles. The van der Waals surface area contributed by atoms with Crippen LogP contribution in [0.4, 0.5) is 0 Å². The molecule has 0 aromatic rings. The predicted molar refractivity (Wildman–Crippen MR) is 85.0 cm³/mol. The van der Waals surface area contributed by atoms with E-state index in [-0.39, 0.29) is 6.10 Å². The van der Waals surface area contributed by atoms with Crippen molar-refractivity contribution in [2.75, 3.05) is 26.2 Å². The fourth-order valence-corrected chi connectivity index (χ4v) is 5.22. The summed E-state index contributed by atoms with van der Waals surface area (Å²) in [6.07, 6.45) is 8.39. The number of rotatable bonds is 4. The first-order valence-corrected chi connectivity index (χ1v) is 9.18. The second-order valence-corrected chi connectivity index (χ2v) is 8.05. The van der Waals surface area contributed by atoms with Crippen LogP contribution in [0.1, 0.15) is 51.9 Å². The first-order chi connectivity index (χ1) is 10.2. The molecule has 4 atom stereocenters. The molecule has 0 amide bonds. The SMILES string of the molecule is C[C@@H]1CCC2C(CO)CN(CCC3CCC(O)CC3)CC21. The third-order valence-electron chi connectivity index (χ3n) is 6.71. The molecule has 3 aliphatic rings. The maximum atomic E-state index is 9.73. The number of likely N-dealkylation sites (tertiary alicyclic amines) is 1. The normalized spacial score (nSPS) is 44.7. The van der Waals surface area contributed by atoms with E-state index in [1.165, 1.54) is 45.2 Å². The maximum absolute atomic E-state index is 9.73. The van der Waals surface area contributed by atoms with Crippen LogP contribution in [-0.2, 0) is 0 Å². The second kappa shape index (κ2) is 6.97. The highest BCUT2D eigenvalue weighted by Gasteiger charge is 2.42. The summed E-state index contributed by atoms with van der Waals surface area (Å²) in [6.45, 7) is 6.36. The standard InChI is InChI=1S/C18H33NO2/c1-13-2-7-17-15(12-20)10-19(11-18(13)17)9-8-14-3-5-16(21)6-4-14/h13-18,20-21H,2-12H2,1H3/t13-,14?,15?,16?,17?,18?/m1/s1. The molecule has 3 heteroatoms. The highest BCUT2D eigenvalue weighted by Crippen LogP contribution is 2.44. The number of aliphatic hydroxyl groups is 2. The number of hydrogen-bond acceptors (Lipinski definition) is 3. The number of piperidine rings is 1. The average molecular weight is 295 g/mol. The molecule has 3 fully saturated rings. The van der Waals surface area contributed by atoms with E-state index in [9.17, 15) is 10.2 Å². The summed E-state index contributed by atoms with van der Waals surface area (Å²) in [7, 11) is 0. The van der Waals surface area contributed by atoms with Crippen LogP contribution in [0.15, 0.2) is 0 Å². The maximum Gasteiger partial charge on any atom is 0.0540 e. The molecule has 1 saturated heterocycles. The van der Waals surface area contributed by atoms with Crippen LogP contribution in [0.2, 0.25) is 0 Å². The number of fused-ring (bicyclic) bond motifs is 1. The topological polar surface area (TPSA) is 43.7 Å². The zero-order valence-corrected chi connectivity index (χ0v) is 13.6. The first-order valence-electron chi connectivity index (χ1n) is 9.18. The van der Waals surface area contributed by atoms with Crippen molar-refractivity contribution in [3.8, 4) is 0 Å². The third kappa shape index (κ3) is 3.62. The Bertz CT molecular complexity index is 327. The molecule has 21 heavy (non-hydrogen) atoms. The lowest BCUT2D eigenvalue weighted by Crippen LogP contribution is -2.47. The minimum atomic E-state index is -0.0323. The molecular weight excluding hydrogens is 262 g/mol. The zero-order valence-electron chi connectivity index (χ0n) is 13.6. The first kappa shape index (κ1) is 15.8. The summed E-state index contributed by atoms with van der Waals surface area (Å²) in [4.78, 5) is 2.63. The van der Waals surface area contributed by atoms with Crippen molar-refractivity contribution < 1.29 is 10.2 Å². The summed E-state index contributed by atoms with van der Waals surface area (Å²) < 4.78 is 0. The Morgan fingerprint density at radius 2 is 1.71 bits per heavy atom. The van der Waals surface area contributed by atoms with Gasteiger partial charge in [-0.25, -0.2) is 0 Å². The summed E-state index contributed by atoms with van der Waals surface area (Å²) in [5.74, 6) is 3.79. The Hall–Kier alpha value is -0.120. The number of nitrogens with zero attached hydrogens (tertiary/aromatic N) is 1. The number of aliphatic hydroxyl groups excluding tert-OH is 2. The van der Waals surface area contributed by atoms with Crippen LogP contribution in [0.25, 0.3) is 0 Å². The lowest BCUT2D eigenvalue weighted by Gasteiger charge is -2.42. The summed E-state index contributed by atoms with van der Waals surface area (Å²) in [5.41, 5.74) is 0. The minimum Gasteiger partial charge on any atom is -0.396 e. The van der Waals surface area contributed by atoms with Crippen molar-refractivity contribution in [2.45, 2.75) is 58.0 Å². The van der Waals surface area contributed by atoms with Crippen LogP contribution < -0.4 is 0 Å². The van der Waals surface area contributed by atoms with Gasteiger partial charge in [-0.05, 0) is 74.7 Å². The summed E-state index contributed by atoms with van der Waals surface area (Å²) in [5, 5.41) is 19.3. The number of hydrogen-bond donors (Lipinski definition) is 2. The van der Waals surface area contributed by atoms with Gasteiger partial charge >= 0.3 is 0 Å². The van der Waals surface area contributed by atoms with Crippen molar-refractivity contribution in [1.29, 1.82) is 0 Å². The van der Waals surface area contributed by atoms with E-state index in [1.54, 1.807) is 0 Å². The Balaban J connectivity index is 1.49. The van der Waals surface area contributed by atoms with Gasteiger partial charge in [-0.15, -0.1) is 0 Å². The van der Waals surface area contributed by atoms with Gasteiger partial charge in [-0.1, -0.05) is 13.3 Å². The van der Waals surface area contributed by atoms with Crippen molar-refractivity contribution in [1.82, 2.24) is 4.90 Å². The Morgan fingerprint density at radius 1 is 0.952 bits per heavy atom. The Labute approximate surface area is 129 Å². The molecule has 0 radical (unpaired) electrons. The molecule has 1 aliphatic heterocycles. The van der Waals surface area contributed by atoms with Gasteiger partial charge in [-0.3, -0.25) is 0 Å².